The molecule has 0 N–H and O–H groups in total. The highest BCUT2D eigenvalue weighted by molar-refractivity contribution is 5.93. The summed E-state index contributed by atoms with van der Waals surface area (Å²) < 4.78 is 7.25. The molecule has 0 bridgehead atoms. The summed E-state index contributed by atoms with van der Waals surface area (Å²) >= 11 is 0. The van der Waals surface area contributed by atoms with Gasteiger partial charge in [-0.15, -0.1) is 0 Å². The third-order valence-electron chi connectivity index (χ3n) is 6.20. The number of hydrogen-bond acceptors (Lipinski definition) is 4. The molecule has 0 atom stereocenters. The van der Waals surface area contributed by atoms with Crippen molar-refractivity contribution >= 4 is 5.91 Å². The topological polar surface area (TPSA) is 50.6 Å². The highest BCUT2D eigenvalue weighted by atomic mass is 16.5. The van der Waals surface area contributed by atoms with Crippen LogP contribution in [0.2, 0.25) is 0 Å². The summed E-state index contributed by atoms with van der Waals surface area (Å²) in [7, 11) is 1.85. The minimum absolute atomic E-state index is 0.101. The number of nitrogens with zero attached hydrogens (tertiary/aromatic N) is 4. The molecule has 1 saturated heterocycles. The van der Waals surface area contributed by atoms with Gasteiger partial charge in [0.25, 0.3) is 5.91 Å². The average molecular weight is 397 g/mol. The number of aromatic nitrogens is 2. The monoisotopic (exact) mass is 396 g/mol. The molecule has 6 heteroatoms. The number of hydrogen-bond donors (Lipinski definition) is 0. The van der Waals surface area contributed by atoms with Crippen molar-refractivity contribution in [2.75, 3.05) is 32.8 Å². The first kappa shape index (κ1) is 20.1. The van der Waals surface area contributed by atoms with Crippen LogP contribution in [0.1, 0.15) is 46.6 Å². The van der Waals surface area contributed by atoms with E-state index >= 15 is 0 Å². The molecule has 2 aliphatic rings. The Morgan fingerprint density at radius 1 is 1.24 bits per heavy atom. The van der Waals surface area contributed by atoms with Crippen LogP contribution in [0.4, 0.5) is 0 Å². The fourth-order valence-electron chi connectivity index (χ4n) is 4.61. The van der Waals surface area contributed by atoms with Gasteiger partial charge in [-0.2, -0.15) is 5.10 Å². The molecule has 1 aromatic heterocycles. The van der Waals surface area contributed by atoms with Crippen molar-refractivity contribution in [3.8, 4) is 0 Å². The Morgan fingerprint density at radius 3 is 2.72 bits per heavy atom. The summed E-state index contributed by atoms with van der Waals surface area (Å²) in [5.41, 5.74) is 4.49. The molecule has 0 saturated carbocycles. The molecule has 2 aromatic rings. The van der Waals surface area contributed by atoms with Gasteiger partial charge in [0, 0.05) is 52.5 Å². The molecular formula is C23H32N4O2. The van der Waals surface area contributed by atoms with Crippen molar-refractivity contribution in [3.63, 3.8) is 0 Å². The number of benzene rings is 1. The van der Waals surface area contributed by atoms with Gasteiger partial charge >= 0.3 is 0 Å². The standard InChI is InChI=1S/C23H32N4O2/c1-18-16-22(25(2)24-18)23(28)27(21-9-14-29-15-10-21)12-5-11-26-13-8-19-6-3-4-7-20(19)17-26/h3-4,6-7,16,21H,5,8-15,17H2,1-2H3. The molecule has 0 aliphatic carbocycles. The largest absolute Gasteiger partial charge is 0.381 e. The summed E-state index contributed by atoms with van der Waals surface area (Å²) in [6, 6.07) is 10.9. The highest BCUT2D eigenvalue weighted by Gasteiger charge is 2.28. The zero-order valence-corrected chi connectivity index (χ0v) is 17.6. The quantitative estimate of drug-likeness (QED) is 0.753. The molecule has 3 heterocycles. The first-order valence-corrected chi connectivity index (χ1v) is 10.8. The first-order valence-electron chi connectivity index (χ1n) is 10.8. The van der Waals surface area contributed by atoms with E-state index < -0.39 is 0 Å². The number of amides is 1. The molecule has 0 spiro atoms. The minimum Gasteiger partial charge on any atom is -0.381 e. The average Bonchev–Trinajstić information content (AvgIpc) is 3.09. The van der Waals surface area contributed by atoms with Gasteiger partial charge in [0.1, 0.15) is 5.69 Å². The molecule has 1 aromatic carbocycles. The molecule has 6 nitrogen and oxygen atoms in total. The summed E-state index contributed by atoms with van der Waals surface area (Å²) in [4.78, 5) is 17.9. The van der Waals surface area contributed by atoms with E-state index in [1.54, 1.807) is 4.68 Å². The van der Waals surface area contributed by atoms with Crippen LogP contribution in [-0.4, -0.2) is 64.4 Å². The van der Waals surface area contributed by atoms with Crippen LogP contribution in [-0.2, 0) is 24.8 Å². The molecule has 2 aliphatic heterocycles. The fraction of sp³-hybridized carbons (Fsp3) is 0.565. The lowest BCUT2D eigenvalue weighted by Crippen LogP contribution is -2.45. The summed E-state index contributed by atoms with van der Waals surface area (Å²) in [6.45, 7) is 7.33. The van der Waals surface area contributed by atoms with Crippen molar-refractivity contribution in [1.82, 2.24) is 19.6 Å². The van der Waals surface area contributed by atoms with Gasteiger partial charge in [0.05, 0.1) is 5.69 Å². The van der Waals surface area contributed by atoms with E-state index in [0.717, 1.165) is 70.8 Å². The maximum Gasteiger partial charge on any atom is 0.272 e. The van der Waals surface area contributed by atoms with Gasteiger partial charge in [-0.05, 0) is 49.8 Å². The van der Waals surface area contributed by atoms with E-state index in [9.17, 15) is 4.79 Å². The van der Waals surface area contributed by atoms with Gasteiger partial charge in [-0.25, -0.2) is 0 Å². The minimum atomic E-state index is 0.101. The van der Waals surface area contributed by atoms with Crippen LogP contribution in [0.3, 0.4) is 0 Å². The van der Waals surface area contributed by atoms with Crippen molar-refractivity contribution in [2.45, 2.75) is 45.2 Å². The first-order chi connectivity index (χ1) is 14.1. The lowest BCUT2D eigenvalue weighted by Gasteiger charge is -2.35. The van der Waals surface area contributed by atoms with Crippen LogP contribution in [0, 0.1) is 6.92 Å². The predicted octanol–water partition coefficient (Wildman–Crippen LogP) is 2.80. The third kappa shape index (κ3) is 4.70. The van der Waals surface area contributed by atoms with E-state index in [1.165, 1.54) is 11.1 Å². The number of fused-ring (bicyclic) bond motifs is 1. The van der Waals surface area contributed by atoms with E-state index in [1.807, 2.05) is 20.0 Å². The van der Waals surface area contributed by atoms with Crippen molar-refractivity contribution < 1.29 is 9.53 Å². The molecular weight excluding hydrogens is 364 g/mol. The summed E-state index contributed by atoms with van der Waals surface area (Å²) in [6.07, 6.45) is 3.94. The Hall–Kier alpha value is -2.18. The predicted molar refractivity (Wildman–Crippen MR) is 113 cm³/mol. The van der Waals surface area contributed by atoms with E-state index in [0.29, 0.717) is 5.69 Å². The number of carbonyl (C=O) groups excluding carboxylic acids is 1. The molecule has 29 heavy (non-hydrogen) atoms. The molecule has 1 amide bonds. The van der Waals surface area contributed by atoms with Gasteiger partial charge in [-0.3, -0.25) is 14.4 Å². The van der Waals surface area contributed by atoms with Crippen molar-refractivity contribution in [2.24, 2.45) is 7.05 Å². The van der Waals surface area contributed by atoms with Gasteiger partial charge in [0.15, 0.2) is 0 Å². The number of rotatable bonds is 6. The van der Waals surface area contributed by atoms with Gasteiger partial charge in [0.2, 0.25) is 0 Å². The molecule has 4 rings (SSSR count). The Bertz CT molecular complexity index is 841. The van der Waals surface area contributed by atoms with Crippen LogP contribution in [0.15, 0.2) is 30.3 Å². The smallest absolute Gasteiger partial charge is 0.272 e. The van der Waals surface area contributed by atoms with E-state index in [2.05, 4.69) is 39.2 Å². The summed E-state index contributed by atoms with van der Waals surface area (Å²) in [5, 5.41) is 4.37. The zero-order chi connectivity index (χ0) is 20.2. The van der Waals surface area contributed by atoms with E-state index in [-0.39, 0.29) is 11.9 Å². The Balaban J connectivity index is 1.39. The Morgan fingerprint density at radius 2 is 2.00 bits per heavy atom. The third-order valence-corrected chi connectivity index (χ3v) is 6.20. The summed E-state index contributed by atoms with van der Waals surface area (Å²) in [5.74, 6) is 0.101. The van der Waals surface area contributed by atoms with Crippen molar-refractivity contribution in [3.05, 3.63) is 52.8 Å². The lowest BCUT2D eigenvalue weighted by atomic mass is 10.00. The van der Waals surface area contributed by atoms with Gasteiger partial charge < -0.3 is 9.64 Å². The van der Waals surface area contributed by atoms with Crippen LogP contribution >= 0.6 is 0 Å². The molecule has 156 valence electrons. The Labute approximate surface area is 173 Å². The Kier molecular flexibility index (Phi) is 6.31. The van der Waals surface area contributed by atoms with Crippen LogP contribution < -0.4 is 0 Å². The normalized spacial score (nSPS) is 17.9. The second kappa shape index (κ2) is 9.09. The van der Waals surface area contributed by atoms with Gasteiger partial charge in [-0.1, -0.05) is 24.3 Å². The second-order valence-electron chi connectivity index (χ2n) is 8.29. The molecule has 0 radical (unpaired) electrons. The van der Waals surface area contributed by atoms with Crippen LogP contribution in [0.5, 0.6) is 0 Å². The maximum absolute atomic E-state index is 13.3. The fourth-order valence-corrected chi connectivity index (χ4v) is 4.61. The number of aryl methyl sites for hydroxylation is 2. The second-order valence-corrected chi connectivity index (χ2v) is 8.29. The SMILES string of the molecule is Cc1cc(C(=O)N(CCCN2CCc3ccccc3C2)C2CCOCC2)n(C)n1. The lowest BCUT2D eigenvalue weighted by molar-refractivity contribution is 0.0273. The zero-order valence-electron chi connectivity index (χ0n) is 17.6. The maximum atomic E-state index is 13.3. The van der Waals surface area contributed by atoms with Crippen molar-refractivity contribution in [1.29, 1.82) is 0 Å². The van der Waals surface area contributed by atoms with Crippen LogP contribution in [0.25, 0.3) is 0 Å². The number of carbonyl (C=O) groups is 1. The van der Waals surface area contributed by atoms with E-state index in [4.69, 9.17) is 4.74 Å². The molecule has 1 fully saturated rings. The molecule has 0 unspecified atom stereocenters. The number of ether oxygens (including phenoxy) is 1. The highest BCUT2D eigenvalue weighted by Crippen LogP contribution is 2.21.